The number of amides is 2. The van der Waals surface area contributed by atoms with Gasteiger partial charge in [-0.1, -0.05) is 0 Å². The van der Waals surface area contributed by atoms with Gasteiger partial charge in [0.25, 0.3) is 0 Å². The maximum absolute atomic E-state index is 12.7. The van der Waals surface area contributed by atoms with Gasteiger partial charge in [-0.3, -0.25) is 4.57 Å². The Kier molecular flexibility index (Phi) is 5.92. The number of carbonyl (C=O) groups excluding carboxylic acids is 3. The Labute approximate surface area is 172 Å². The molecule has 1 aliphatic heterocycles. The van der Waals surface area contributed by atoms with Crippen molar-refractivity contribution >= 4 is 18.0 Å². The molecular formula is C20H20N4O6. The normalized spacial score (nSPS) is 15.8. The molecule has 0 saturated carbocycles. The van der Waals surface area contributed by atoms with E-state index in [9.17, 15) is 19.6 Å². The number of hydrogen-bond donors (Lipinski definition) is 2. The molecule has 2 aromatic heterocycles. The maximum atomic E-state index is 12.7. The van der Waals surface area contributed by atoms with Crippen LogP contribution in [0.4, 0.5) is 4.79 Å². The van der Waals surface area contributed by atoms with Crippen molar-refractivity contribution in [3.05, 3.63) is 52.7 Å². The van der Waals surface area contributed by atoms with Gasteiger partial charge < -0.3 is 24.5 Å². The molecule has 156 valence electrons. The summed E-state index contributed by atoms with van der Waals surface area (Å²) in [5.74, 6) is -1.04. The van der Waals surface area contributed by atoms with E-state index in [0.717, 1.165) is 0 Å². The van der Waals surface area contributed by atoms with Gasteiger partial charge in [0.05, 0.1) is 23.9 Å². The van der Waals surface area contributed by atoms with Crippen LogP contribution in [-0.4, -0.2) is 41.8 Å². The SMILES string of the molecule is CCOC(=O)C1=C(COC(=O)c2c(C)oc(-n3cccc3)c2C#N)NC(=O)N[C@H]1C. The van der Waals surface area contributed by atoms with E-state index < -0.39 is 24.0 Å². The van der Waals surface area contributed by atoms with E-state index in [4.69, 9.17) is 13.9 Å². The molecule has 3 rings (SSSR count). The van der Waals surface area contributed by atoms with E-state index in [0.29, 0.717) is 0 Å². The summed E-state index contributed by atoms with van der Waals surface area (Å²) >= 11 is 0. The fraction of sp³-hybridized carbons (Fsp3) is 0.300. The number of nitrogens with one attached hydrogen (secondary N) is 2. The van der Waals surface area contributed by atoms with Crippen LogP contribution < -0.4 is 10.6 Å². The van der Waals surface area contributed by atoms with Crippen molar-refractivity contribution in [2.75, 3.05) is 13.2 Å². The molecule has 0 aromatic carbocycles. The second-order valence-corrected chi connectivity index (χ2v) is 6.42. The van der Waals surface area contributed by atoms with Crippen molar-refractivity contribution in [1.82, 2.24) is 15.2 Å². The van der Waals surface area contributed by atoms with Crippen LogP contribution >= 0.6 is 0 Å². The highest BCUT2D eigenvalue weighted by Crippen LogP contribution is 2.26. The molecule has 2 amide bonds. The van der Waals surface area contributed by atoms with E-state index in [1.54, 1.807) is 49.9 Å². The fourth-order valence-electron chi connectivity index (χ4n) is 3.13. The number of furan rings is 1. The number of esters is 2. The van der Waals surface area contributed by atoms with Gasteiger partial charge in [-0.05, 0) is 32.9 Å². The molecule has 10 nitrogen and oxygen atoms in total. The van der Waals surface area contributed by atoms with Gasteiger partial charge in [-0.2, -0.15) is 5.26 Å². The van der Waals surface area contributed by atoms with Crippen molar-refractivity contribution in [2.24, 2.45) is 0 Å². The van der Waals surface area contributed by atoms with Crippen molar-refractivity contribution < 1.29 is 28.3 Å². The zero-order valence-electron chi connectivity index (χ0n) is 16.6. The monoisotopic (exact) mass is 412 g/mol. The largest absolute Gasteiger partial charge is 0.463 e. The molecule has 2 aromatic rings. The van der Waals surface area contributed by atoms with Crippen LogP contribution in [0.25, 0.3) is 5.88 Å². The first-order chi connectivity index (χ1) is 14.4. The molecule has 2 N–H and O–H groups in total. The fourth-order valence-corrected chi connectivity index (χ4v) is 3.13. The van der Waals surface area contributed by atoms with Crippen LogP contribution in [0.1, 0.15) is 35.5 Å². The van der Waals surface area contributed by atoms with Gasteiger partial charge in [0, 0.05) is 12.4 Å². The third kappa shape index (κ3) is 3.91. The predicted octanol–water partition coefficient (Wildman–Crippen LogP) is 1.93. The first-order valence-electron chi connectivity index (χ1n) is 9.19. The number of hydrogen-bond acceptors (Lipinski definition) is 7. The number of nitrogens with zero attached hydrogens (tertiary/aromatic N) is 2. The minimum Gasteiger partial charge on any atom is -0.463 e. The summed E-state index contributed by atoms with van der Waals surface area (Å²) in [4.78, 5) is 36.8. The molecule has 0 saturated heterocycles. The molecule has 3 heterocycles. The van der Waals surface area contributed by atoms with Crippen LogP contribution in [-0.2, 0) is 14.3 Å². The average molecular weight is 412 g/mol. The molecule has 0 fully saturated rings. The van der Waals surface area contributed by atoms with Crippen molar-refractivity contribution in [2.45, 2.75) is 26.8 Å². The number of aryl methyl sites for hydroxylation is 1. The van der Waals surface area contributed by atoms with Gasteiger partial charge in [-0.15, -0.1) is 0 Å². The van der Waals surface area contributed by atoms with Gasteiger partial charge >= 0.3 is 18.0 Å². The summed E-state index contributed by atoms with van der Waals surface area (Å²) in [6, 6.07) is 4.31. The molecule has 0 bridgehead atoms. The Hall–Kier alpha value is -4.00. The average Bonchev–Trinajstić information content (AvgIpc) is 3.33. The minimum atomic E-state index is -0.817. The highest BCUT2D eigenvalue weighted by Gasteiger charge is 2.31. The third-order valence-corrected chi connectivity index (χ3v) is 4.43. The lowest BCUT2D eigenvalue weighted by molar-refractivity contribution is -0.139. The first kappa shape index (κ1) is 20.7. The Morgan fingerprint density at radius 3 is 2.60 bits per heavy atom. The minimum absolute atomic E-state index is 0.0206. The zero-order chi connectivity index (χ0) is 21.8. The van der Waals surface area contributed by atoms with Crippen LogP contribution in [0.15, 0.2) is 40.2 Å². The van der Waals surface area contributed by atoms with Gasteiger partial charge in [-0.25, -0.2) is 14.4 Å². The summed E-state index contributed by atoms with van der Waals surface area (Å²) in [7, 11) is 0. The lowest BCUT2D eigenvalue weighted by atomic mass is 10.0. The lowest BCUT2D eigenvalue weighted by Gasteiger charge is -2.26. The third-order valence-electron chi connectivity index (χ3n) is 4.43. The van der Waals surface area contributed by atoms with Gasteiger partial charge in [0.15, 0.2) is 0 Å². The quantitative estimate of drug-likeness (QED) is 0.692. The molecule has 0 aliphatic carbocycles. The van der Waals surface area contributed by atoms with E-state index >= 15 is 0 Å². The molecule has 1 aliphatic rings. The number of nitriles is 1. The number of rotatable bonds is 6. The van der Waals surface area contributed by atoms with Crippen LogP contribution in [0, 0.1) is 18.3 Å². The Bertz CT molecular complexity index is 1060. The summed E-state index contributed by atoms with van der Waals surface area (Å²) in [6.07, 6.45) is 3.35. The number of carbonyl (C=O) groups is 3. The van der Waals surface area contributed by atoms with E-state index in [1.165, 1.54) is 0 Å². The molecule has 0 spiro atoms. The molecule has 30 heavy (non-hydrogen) atoms. The van der Waals surface area contributed by atoms with Crippen molar-refractivity contribution in [3.63, 3.8) is 0 Å². The standard InChI is InChI=1S/C20H20N4O6/c1-4-28-18(25)15-11(2)22-20(27)23-14(15)10-29-19(26)16-12(3)30-17(13(16)9-21)24-7-5-6-8-24/h5-8,11H,4,10H2,1-3H3,(H2,22,23,27)/t11-/m0/s1. The van der Waals surface area contributed by atoms with Crippen LogP contribution in [0.2, 0.25) is 0 Å². The second-order valence-electron chi connectivity index (χ2n) is 6.42. The van der Waals surface area contributed by atoms with E-state index in [2.05, 4.69) is 10.6 Å². The topological polar surface area (TPSA) is 136 Å². The number of aromatic nitrogens is 1. The van der Waals surface area contributed by atoms with Crippen LogP contribution in [0.5, 0.6) is 0 Å². The summed E-state index contributed by atoms with van der Waals surface area (Å²) < 4.78 is 17.5. The predicted molar refractivity (Wildman–Crippen MR) is 103 cm³/mol. The highest BCUT2D eigenvalue weighted by atomic mass is 16.5. The lowest BCUT2D eigenvalue weighted by Crippen LogP contribution is -2.50. The summed E-state index contributed by atoms with van der Waals surface area (Å²) in [5.41, 5.74) is 0.272. The maximum Gasteiger partial charge on any atom is 0.343 e. The zero-order valence-corrected chi connectivity index (χ0v) is 16.6. The van der Waals surface area contributed by atoms with Gasteiger partial charge in [0.1, 0.15) is 29.6 Å². The smallest absolute Gasteiger partial charge is 0.343 e. The van der Waals surface area contributed by atoms with Crippen molar-refractivity contribution in [3.8, 4) is 12.0 Å². The van der Waals surface area contributed by atoms with E-state index in [-0.39, 0.29) is 47.3 Å². The number of urea groups is 1. The van der Waals surface area contributed by atoms with Crippen molar-refractivity contribution in [1.29, 1.82) is 5.26 Å². The molecule has 1 atom stereocenters. The molecule has 10 heteroatoms. The Balaban J connectivity index is 1.87. The second kappa shape index (κ2) is 8.57. The molecule has 0 radical (unpaired) electrons. The Morgan fingerprint density at radius 2 is 1.97 bits per heavy atom. The molecule has 0 unspecified atom stereocenters. The highest BCUT2D eigenvalue weighted by molar-refractivity contribution is 5.96. The van der Waals surface area contributed by atoms with E-state index in [1.807, 2.05) is 6.07 Å². The summed E-state index contributed by atoms with van der Waals surface area (Å²) in [6.45, 7) is 4.58. The van der Waals surface area contributed by atoms with Crippen LogP contribution in [0.3, 0.4) is 0 Å². The van der Waals surface area contributed by atoms with Gasteiger partial charge in [0.2, 0.25) is 5.88 Å². The Morgan fingerprint density at radius 1 is 1.27 bits per heavy atom. The molecular weight excluding hydrogens is 392 g/mol. The first-order valence-corrected chi connectivity index (χ1v) is 9.19. The summed E-state index contributed by atoms with van der Waals surface area (Å²) in [5, 5.41) is 14.6. The number of ether oxygens (including phenoxy) is 2.